The van der Waals surface area contributed by atoms with Crippen LogP contribution in [0.1, 0.15) is 38.2 Å². The molecule has 3 aliphatic rings. The summed E-state index contributed by atoms with van der Waals surface area (Å²) in [6.45, 7) is 3.74. The van der Waals surface area contributed by atoms with Gasteiger partial charge in [-0.05, 0) is 48.9 Å². The lowest BCUT2D eigenvalue weighted by atomic mass is 10.1. The van der Waals surface area contributed by atoms with Crippen LogP contribution in [0.15, 0.2) is 18.2 Å². The second-order valence-electron chi connectivity index (χ2n) is 7.56. The number of rotatable bonds is 5. The molecule has 3 amide bonds. The normalized spacial score (nSPS) is 21.9. The van der Waals surface area contributed by atoms with E-state index >= 15 is 0 Å². The molecule has 2 heterocycles. The summed E-state index contributed by atoms with van der Waals surface area (Å²) in [5.41, 5.74) is 2.88. The number of amides is 3. The van der Waals surface area contributed by atoms with Gasteiger partial charge in [0.15, 0.2) is 0 Å². The van der Waals surface area contributed by atoms with Crippen molar-refractivity contribution < 1.29 is 14.4 Å². The van der Waals surface area contributed by atoms with Gasteiger partial charge < -0.3 is 15.1 Å². The first-order chi connectivity index (χ1) is 12.6. The minimum absolute atomic E-state index is 0.00369. The number of nitrogens with zero attached hydrogens (tertiary/aromatic N) is 2. The predicted octanol–water partition coefficient (Wildman–Crippen LogP) is 1.86. The first kappa shape index (κ1) is 17.1. The van der Waals surface area contributed by atoms with Gasteiger partial charge in [0.25, 0.3) is 0 Å². The van der Waals surface area contributed by atoms with Crippen LogP contribution in [0, 0.1) is 11.8 Å². The Hall–Kier alpha value is -2.37. The molecule has 1 saturated heterocycles. The summed E-state index contributed by atoms with van der Waals surface area (Å²) in [7, 11) is 0. The molecule has 1 N–H and O–H groups in total. The van der Waals surface area contributed by atoms with E-state index in [9.17, 15) is 14.4 Å². The third-order valence-electron chi connectivity index (χ3n) is 5.63. The maximum atomic E-state index is 12.4. The van der Waals surface area contributed by atoms with E-state index in [1.165, 1.54) is 12.8 Å². The molecule has 0 spiro atoms. The van der Waals surface area contributed by atoms with E-state index in [0.29, 0.717) is 25.4 Å². The quantitative estimate of drug-likeness (QED) is 0.877. The number of fused-ring (bicyclic) bond motifs is 1. The number of carbonyl (C=O) groups is 3. The Morgan fingerprint density at radius 2 is 2.08 bits per heavy atom. The largest absolute Gasteiger partial charge is 0.356 e. The van der Waals surface area contributed by atoms with Crippen LogP contribution in [0.3, 0.4) is 0 Å². The highest BCUT2D eigenvalue weighted by Gasteiger charge is 2.36. The van der Waals surface area contributed by atoms with E-state index in [0.717, 1.165) is 29.9 Å². The lowest BCUT2D eigenvalue weighted by Gasteiger charge is -2.20. The van der Waals surface area contributed by atoms with E-state index in [1.807, 2.05) is 30.0 Å². The van der Waals surface area contributed by atoms with E-state index in [4.69, 9.17) is 0 Å². The third-order valence-corrected chi connectivity index (χ3v) is 5.63. The van der Waals surface area contributed by atoms with E-state index in [2.05, 4.69) is 5.32 Å². The van der Waals surface area contributed by atoms with Crippen LogP contribution in [0.5, 0.6) is 0 Å². The van der Waals surface area contributed by atoms with Crippen molar-refractivity contribution in [3.63, 3.8) is 0 Å². The maximum absolute atomic E-state index is 12.4. The molecule has 26 heavy (non-hydrogen) atoms. The van der Waals surface area contributed by atoms with E-state index in [1.54, 1.807) is 4.90 Å². The van der Waals surface area contributed by atoms with Gasteiger partial charge in [-0.2, -0.15) is 0 Å². The monoisotopic (exact) mass is 355 g/mol. The molecule has 138 valence electrons. The van der Waals surface area contributed by atoms with E-state index < -0.39 is 0 Å². The van der Waals surface area contributed by atoms with Gasteiger partial charge in [-0.25, -0.2) is 0 Å². The van der Waals surface area contributed by atoms with Crippen molar-refractivity contribution in [2.45, 2.75) is 39.0 Å². The van der Waals surface area contributed by atoms with Gasteiger partial charge >= 0.3 is 0 Å². The van der Waals surface area contributed by atoms with Crippen molar-refractivity contribution in [1.82, 2.24) is 5.32 Å². The van der Waals surface area contributed by atoms with Gasteiger partial charge in [-0.3, -0.25) is 14.4 Å². The van der Waals surface area contributed by atoms with Crippen molar-refractivity contribution >= 4 is 29.1 Å². The second-order valence-corrected chi connectivity index (χ2v) is 7.56. The highest BCUT2D eigenvalue weighted by atomic mass is 16.2. The molecule has 1 saturated carbocycles. The van der Waals surface area contributed by atoms with Crippen molar-refractivity contribution in [2.24, 2.45) is 11.8 Å². The molecule has 0 aromatic heterocycles. The van der Waals surface area contributed by atoms with Crippen LogP contribution in [0.4, 0.5) is 11.4 Å². The highest BCUT2D eigenvalue weighted by molar-refractivity contribution is 6.01. The predicted molar refractivity (Wildman–Crippen MR) is 99.0 cm³/mol. The average molecular weight is 355 g/mol. The van der Waals surface area contributed by atoms with Crippen LogP contribution < -0.4 is 15.1 Å². The van der Waals surface area contributed by atoms with Gasteiger partial charge in [0.1, 0.15) is 0 Å². The summed E-state index contributed by atoms with van der Waals surface area (Å²) in [6.07, 6.45) is 3.96. The molecule has 2 aliphatic heterocycles. The topological polar surface area (TPSA) is 69.7 Å². The molecule has 1 atom stereocenters. The highest BCUT2D eigenvalue weighted by Crippen LogP contribution is 2.34. The molecule has 4 rings (SSSR count). The van der Waals surface area contributed by atoms with Crippen LogP contribution in [0.2, 0.25) is 0 Å². The summed E-state index contributed by atoms with van der Waals surface area (Å²) < 4.78 is 0. The Kier molecular flexibility index (Phi) is 4.42. The number of hydrogen-bond acceptors (Lipinski definition) is 3. The van der Waals surface area contributed by atoms with Gasteiger partial charge in [-0.15, -0.1) is 0 Å². The molecule has 1 aromatic carbocycles. The number of nitrogens with one attached hydrogen (secondary N) is 1. The summed E-state index contributed by atoms with van der Waals surface area (Å²) in [5.74, 6) is 0.483. The fourth-order valence-electron chi connectivity index (χ4n) is 3.85. The van der Waals surface area contributed by atoms with Crippen molar-refractivity contribution in [1.29, 1.82) is 0 Å². The smallest absolute Gasteiger partial charge is 0.227 e. The average Bonchev–Trinajstić information content (AvgIpc) is 3.26. The first-order valence-corrected chi connectivity index (χ1v) is 9.58. The zero-order valence-corrected chi connectivity index (χ0v) is 15.2. The Morgan fingerprint density at radius 3 is 2.81 bits per heavy atom. The van der Waals surface area contributed by atoms with Crippen molar-refractivity contribution in [3.05, 3.63) is 23.8 Å². The summed E-state index contributed by atoms with van der Waals surface area (Å²) in [5, 5.41) is 2.98. The van der Waals surface area contributed by atoms with Crippen molar-refractivity contribution in [2.75, 3.05) is 29.4 Å². The Labute approximate surface area is 153 Å². The lowest BCUT2D eigenvalue weighted by Crippen LogP contribution is -2.34. The summed E-state index contributed by atoms with van der Waals surface area (Å²) in [6, 6.07) is 5.82. The molecule has 2 fully saturated rings. The summed E-state index contributed by atoms with van der Waals surface area (Å²) in [4.78, 5) is 40.3. The number of hydrogen-bond donors (Lipinski definition) is 1. The standard InChI is InChI=1S/C20H25N3O3/c1-2-18(24)22-8-7-14-9-16(5-6-17(14)22)23-12-15(10-19(23)25)20(26)21-11-13-3-4-13/h5-6,9,13,15H,2-4,7-8,10-12H2,1H3,(H,21,26)/t15-/m1/s1. The summed E-state index contributed by atoms with van der Waals surface area (Å²) >= 11 is 0. The zero-order valence-electron chi connectivity index (χ0n) is 15.2. The molecule has 1 aromatic rings. The molecule has 0 bridgehead atoms. The fourth-order valence-corrected chi connectivity index (χ4v) is 3.85. The minimum Gasteiger partial charge on any atom is -0.356 e. The van der Waals surface area contributed by atoms with Crippen molar-refractivity contribution in [3.8, 4) is 0 Å². The molecular formula is C20H25N3O3. The molecule has 0 unspecified atom stereocenters. The number of anilines is 2. The Morgan fingerprint density at radius 1 is 1.27 bits per heavy atom. The fraction of sp³-hybridized carbons (Fsp3) is 0.550. The van der Waals surface area contributed by atoms with Crippen LogP contribution >= 0.6 is 0 Å². The SMILES string of the molecule is CCC(=O)N1CCc2cc(N3C[C@H](C(=O)NCC4CC4)CC3=O)ccc21. The number of benzene rings is 1. The second kappa shape index (κ2) is 6.74. The Bertz CT molecular complexity index is 757. The van der Waals surface area contributed by atoms with Crippen LogP contribution in [-0.4, -0.2) is 37.4 Å². The first-order valence-electron chi connectivity index (χ1n) is 9.58. The Balaban J connectivity index is 1.45. The van der Waals surface area contributed by atoms with Crippen LogP contribution in [0.25, 0.3) is 0 Å². The van der Waals surface area contributed by atoms with Gasteiger partial charge in [0, 0.05) is 43.9 Å². The molecule has 6 nitrogen and oxygen atoms in total. The van der Waals surface area contributed by atoms with Gasteiger partial charge in [0.2, 0.25) is 17.7 Å². The molecule has 0 radical (unpaired) electrons. The zero-order chi connectivity index (χ0) is 18.3. The molecular weight excluding hydrogens is 330 g/mol. The maximum Gasteiger partial charge on any atom is 0.227 e. The minimum atomic E-state index is -0.271. The molecule has 1 aliphatic carbocycles. The van der Waals surface area contributed by atoms with Gasteiger partial charge in [-0.1, -0.05) is 6.92 Å². The third kappa shape index (κ3) is 3.20. The van der Waals surface area contributed by atoms with Crippen LogP contribution in [-0.2, 0) is 20.8 Å². The van der Waals surface area contributed by atoms with E-state index in [-0.39, 0.29) is 30.1 Å². The lowest BCUT2D eigenvalue weighted by molar-refractivity contribution is -0.126. The number of carbonyl (C=O) groups excluding carboxylic acids is 3. The van der Waals surface area contributed by atoms with Gasteiger partial charge in [0.05, 0.1) is 5.92 Å². The molecule has 6 heteroatoms.